The predicted octanol–water partition coefficient (Wildman–Crippen LogP) is 3.30. The van der Waals surface area contributed by atoms with Gasteiger partial charge >= 0.3 is 6.18 Å². The molecule has 1 N–H and O–H groups in total. The van der Waals surface area contributed by atoms with Gasteiger partial charge in [0.15, 0.2) is 0 Å². The van der Waals surface area contributed by atoms with Gasteiger partial charge in [-0.15, -0.1) is 12.4 Å². The second-order valence-corrected chi connectivity index (χ2v) is 7.31. The molecule has 0 aromatic heterocycles. The van der Waals surface area contributed by atoms with Crippen LogP contribution in [0.15, 0.2) is 24.3 Å². The van der Waals surface area contributed by atoms with Gasteiger partial charge in [-0.1, -0.05) is 12.1 Å². The molecule has 1 unspecified atom stereocenters. The highest BCUT2D eigenvalue weighted by Gasteiger charge is 2.34. The van der Waals surface area contributed by atoms with E-state index in [0.717, 1.165) is 56.5 Å². The number of likely N-dealkylation sites (N-methyl/N-ethyl adjacent to an activating group) is 1. The Balaban J connectivity index is 0.00000261. The SMILES string of the molecule is CNC1CCCN(CC(=O)N(Cc2ccc(C(F)(F)F)cc2)C2CC2)C1.Cl. The Morgan fingerprint density at radius 2 is 1.89 bits per heavy atom. The fourth-order valence-corrected chi connectivity index (χ4v) is 3.52. The molecule has 1 aliphatic carbocycles. The van der Waals surface area contributed by atoms with Crippen LogP contribution in [-0.4, -0.2) is 54.5 Å². The molecule has 1 heterocycles. The predicted molar refractivity (Wildman–Crippen MR) is 101 cm³/mol. The lowest BCUT2D eigenvalue weighted by atomic mass is 10.1. The smallest absolute Gasteiger partial charge is 0.334 e. The zero-order valence-corrected chi connectivity index (χ0v) is 16.3. The minimum absolute atomic E-state index is 0. The number of rotatable bonds is 6. The van der Waals surface area contributed by atoms with E-state index in [1.165, 1.54) is 12.1 Å². The van der Waals surface area contributed by atoms with E-state index in [1.807, 2.05) is 11.9 Å². The number of nitrogens with one attached hydrogen (secondary N) is 1. The number of amides is 1. The second-order valence-electron chi connectivity index (χ2n) is 7.31. The number of piperidine rings is 1. The van der Waals surface area contributed by atoms with Crippen molar-refractivity contribution in [2.24, 2.45) is 0 Å². The van der Waals surface area contributed by atoms with Crippen LogP contribution >= 0.6 is 12.4 Å². The first-order valence-electron chi connectivity index (χ1n) is 9.22. The lowest BCUT2D eigenvalue weighted by Crippen LogP contribution is -2.49. The standard InChI is InChI=1S/C19H26F3N3O.ClH/c1-23-16-3-2-10-24(12-16)13-18(26)25(17-8-9-17)11-14-4-6-15(7-5-14)19(20,21)22;/h4-7,16-17,23H,2-3,8-13H2,1H3;1H. The highest BCUT2D eigenvalue weighted by atomic mass is 35.5. The molecule has 1 aliphatic heterocycles. The summed E-state index contributed by atoms with van der Waals surface area (Å²) in [6.45, 7) is 2.55. The van der Waals surface area contributed by atoms with Crippen molar-refractivity contribution in [3.05, 3.63) is 35.4 Å². The van der Waals surface area contributed by atoms with Crippen LogP contribution in [0.3, 0.4) is 0 Å². The Morgan fingerprint density at radius 1 is 1.22 bits per heavy atom. The van der Waals surface area contributed by atoms with Crippen molar-refractivity contribution in [2.75, 3.05) is 26.7 Å². The maximum Gasteiger partial charge on any atom is 0.416 e. The fourth-order valence-electron chi connectivity index (χ4n) is 3.52. The largest absolute Gasteiger partial charge is 0.416 e. The number of halogens is 4. The third-order valence-electron chi connectivity index (χ3n) is 5.21. The van der Waals surface area contributed by atoms with Gasteiger partial charge in [0.25, 0.3) is 0 Å². The lowest BCUT2D eigenvalue weighted by molar-refractivity contribution is -0.137. The first kappa shape index (κ1) is 22.0. The molecule has 0 radical (unpaired) electrons. The molecule has 0 bridgehead atoms. The van der Waals surface area contributed by atoms with Crippen LogP contribution in [0, 0.1) is 0 Å². The van der Waals surface area contributed by atoms with E-state index in [4.69, 9.17) is 0 Å². The van der Waals surface area contributed by atoms with Gasteiger partial charge in [0.2, 0.25) is 5.91 Å². The average molecular weight is 406 g/mol. The van der Waals surface area contributed by atoms with Crippen molar-refractivity contribution in [3.8, 4) is 0 Å². The Hall–Kier alpha value is -1.31. The number of carbonyl (C=O) groups is 1. The van der Waals surface area contributed by atoms with Gasteiger partial charge in [0.05, 0.1) is 12.1 Å². The Labute approximate surface area is 164 Å². The molecule has 1 saturated carbocycles. The zero-order valence-electron chi connectivity index (χ0n) is 15.5. The van der Waals surface area contributed by atoms with E-state index in [9.17, 15) is 18.0 Å². The summed E-state index contributed by atoms with van der Waals surface area (Å²) in [5.41, 5.74) is 0.0852. The molecule has 1 amide bonds. The van der Waals surface area contributed by atoms with Crippen LogP contribution in [-0.2, 0) is 17.5 Å². The number of hydrogen-bond acceptors (Lipinski definition) is 3. The van der Waals surface area contributed by atoms with Gasteiger partial charge in [-0.3, -0.25) is 9.69 Å². The molecular weight excluding hydrogens is 379 g/mol. The maximum absolute atomic E-state index is 12.8. The summed E-state index contributed by atoms with van der Waals surface area (Å²) in [6.07, 6.45) is -0.181. The number of hydrogen-bond donors (Lipinski definition) is 1. The summed E-state index contributed by atoms with van der Waals surface area (Å²) in [5, 5.41) is 3.27. The number of alkyl halides is 3. The minimum atomic E-state index is -4.33. The lowest BCUT2D eigenvalue weighted by Gasteiger charge is -2.33. The molecule has 2 aliphatic rings. The molecule has 27 heavy (non-hydrogen) atoms. The first-order chi connectivity index (χ1) is 12.4. The molecule has 1 atom stereocenters. The average Bonchev–Trinajstić information content (AvgIpc) is 3.44. The molecule has 1 saturated heterocycles. The summed E-state index contributed by atoms with van der Waals surface area (Å²) in [5.74, 6) is 0.0733. The molecule has 152 valence electrons. The molecule has 2 fully saturated rings. The van der Waals surface area contributed by atoms with Gasteiger partial charge in [-0.2, -0.15) is 13.2 Å². The van der Waals surface area contributed by atoms with Crippen molar-refractivity contribution in [1.29, 1.82) is 0 Å². The highest BCUT2D eigenvalue weighted by Crippen LogP contribution is 2.31. The van der Waals surface area contributed by atoms with Gasteiger partial charge in [-0.25, -0.2) is 0 Å². The Morgan fingerprint density at radius 3 is 2.44 bits per heavy atom. The van der Waals surface area contributed by atoms with E-state index < -0.39 is 11.7 Å². The van der Waals surface area contributed by atoms with E-state index >= 15 is 0 Å². The van der Waals surface area contributed by atoms with Crippen LogP contribution in [0.4, 0.5) is 13.2 Å². The van der Waals surface area contributed by atoms with E-state index in [1.54, 1.807) is 0 Å². The van der Waals surface area contributed by atoms with Crippen molar-refractivity contribution < 1.29 is 18.0 Å². The molecule has 3 rings (SSSR count). The van der Waals surface area contributed by atoms with Crippen LogP contribution in [0.5, 0.6) is 0 Å². The van der Waals surface area contributed by atoms with Crippen LogP contribution in [0.2, 0.25) is 0 Å². The minimum Gasteiger partial charge on any atom is -0.334 e. The molecule has 8 heteroatoms. The van der Waals surface area contributed by atoms with Crippen molar-refractivity contribution >= 4 is 18.3 Å². The van der Waals surface area contributed by atoms with Gasteiger partial charge in [0.1, 0.15) is 0 Å². The molecular formula is C19H27ClF3N3O. The summed E-state index contributed by atoms with van der Waals surface area (Å²) < 4.78 is 38.1. The Kier molecular flexibility index (Phi) is 7.54. The maximum atomic E-state index is 12.8. The first-order valence-corrected chi connectivity index (χ1v) is 9.22. The quantitative estimate of drug-likeness (QED) is 0.788. The van der Waals surface area contributed by atoms with Crippen molar-refractivity contribution in [2.45, 2.75) is 50.5 Å². The van der Waals surface area contributed by atoms with E-state index in [0.29, 0.717) is 19.1 Å². The Bertz CT molecular complexity index is 620. The monoisotopic (exact) mass is 405 g/mol. The van der Waals surface area contributed by atoms with E-state index in [2.05, 4.69) is 10.2 Å². The number of benzene rings is 1. The fraction of sp³-hybridized carbons (Fsp3) is 0.632. The number of likely N-dealkylation sites (tertiary alicyclic amines) is 1. The number of nitrogens with zero attached hydrogens (tertiary/aromatic N) is 2. The molecule has 0 spiro atoms. The second kappa shape index (κ2) is 9.26. The molecule has 4 nitrogen and oxygen atoms in total. The summed E-state index contributed by atoms with van der Waals surface area (Å²) in [4.78, 5) is 16.8. The summed E-state index contributed by atoms with van der Waals surface area (Å²) in [6, 6.07) is 5.78. The van der Waals surface area contributed by atoms with Crippen molar-refractivity contribution in [1.82, 2.24) is 15.1 Å². The zero-order chi connectivity index (χ0) is 18.7. The molecule has 1 aromatic carbocycles. The van der Waals surface area contributed by atoms with E-state index in [-0.39, 0.29) is 24.4 Å². The topological polar surface area (TPSA) is 35.6 Å². The third-order valence-corrected chi connectivity index (χ3v) is 5.21. The van der Waals surface area contributed by atoms with Gasteiger partial charge in [0, 0.05) is 25.2 Å². The van der Waals surface area contributed by atoms with Crippen molar-refractivity contribution in [3.63, 3.8) is 0 Å². The van der Waals surface area contributed by atoms with Crippen LogP contribution in [0.25, 0.3) is 0 Å². The molecule has 1 aromatic rings. The normalized spacial score (nSPS) is 20.8. The third kappa shape index (κ3) is 6.09. The van der Waals surface area contributed by atoms with Gasteiger partial charge < -0.3 is 10.2 Å². The summed E-state index contributed by atoms with van der Waals surface area (Å²) in [7, 11) is 1.94. The number of carbonyl (C=O) groups excluding carboxylic acids is 1. The highest BCUT2D eigenvalue weighted by molar-refractivity contribution is 5.85. The van der Waals surface area contributed by atoms with Crippen LogP contribution < -0.4 is 5.32 Å². The summed E-state index contributed by atoms with van der Waals surface area (Å²) >= 11 is 0. The van der Waals surface area contributed by atoms with Crippen LogP contribution in [0.1, 0.15) is 36.8 Å². The van der Waals surface area contributed by atoms with Gasteiger partial charge in [-0.05, 0) is 57.0 Å².